The number of carbonyl (C=O) groups excluding carboxylic acids is 1. The van der Waals surface area contributed by atoms with E-state index in [4.69, 9.17) is 10.1 Å². The molecular formula is C20H16F2N4O5S. The molecule has 0 aliphatic heterocycles. The summed E-state index contributed by atoms with van der Waals surface area (Å²) in [4.78, 5) is 14.5. The standard InChI is InChI=1S/C20H16F2N4O5S/c1-12(27)26(28)19(23)13-4-6-16(7-5-13)31-20-18(3-2-8-24-20)25-32(29,30)17-10-14(21)9-15(22)11-17/h2-11,23,25,28H,1H3. The van der Waals surface area contributed by atoms with E-state index in [9.17, 15) is 27.2 Å². The van der Waals surface area contributed by atoms with Gasteiger partial charge in [-0.15, -0.1) is 0 Å². The van der Waals surface area contributed by atoms with Crippen LogP contribution in [-0.2, 0) is 14.8 Å². The van der Waals surface area contributed by atoms with Crippen LogP contribution in [0.25, 0.3) is 0 Å². The predicted molar refractivity (Wildman–Crippen MR) is 109 cm³/mol. The SMILES string of the molecule is CC(=O)N(O)C(=N)c1ccc(Oc2ncccc2NS(=O)(=O)c2cc(F)cc(F)c2)cc1. The van der Waals surface area contributed by atoms with Crippen molar-refractivity contribution in [1.82, 2.24) is 10.0 Å². The van der Waals surface area contributed by atoms with Gasteiger partial charge in [-0.25, -0.2) is 22.2 Å². The van der Waals surface area contributed by atoms with Gasteiger partial charge in [0.25, 0.3) is 10.0 Å². The zero-order valence-corrected chi connectivity index (χ0v) is 17.2. The molecule has 1 heterocycles. The van der Waals surface area contributed by atoms with Crippen molar-refractivity contribution >= 4 is 27.5 Å². The first-order valence-electron chi connectivity index (χ1n) is 8.87. The second kappa shape index (κ2) is 9.08. The van der Waals surface area contributed by atoms with Crippen molar-refractivity contribution in [2.24, 2.45) is 0 Å². The highest BCUT2D eigenvalue weighted by atomic mass is 32.2. The Kier molecular flexibility index (Phi) is 6.46. The number of nitrogens with zero attached hydrogens (tertiary/aromatic N) is 2. The van der Waals surface area contributed by atoms with Gasteiger partial charge in [0.2, 0.25) is 11.8 Å². The molecule has 0 radical (unpaired) electrons. The lowest BCUT2D eigenvalue weighted by Crippen LogP contribution is -2.31. The van der Waals surface area contributed by atoms with Crippen molar-refractivity contribution in [3.8, 4) is 11.6 Å². The van der Waals surface area contributed by atoms with Crippen LogP contribution in [0.5, 0.6) is 11.6 Å². The maximum absolute atomic E-state index is 13.4. The number of ether oxygens (including phenoxy) is 1. The van der Waals surface area contributed by atoms with E-state index < -0.39 is 38.3 Å². The molecule has 0 saturated carbocycles. The molecule has 0 spiro atoms. The fraction of sp³-hybridized carbons (Fsp3) is 0.0500. The van der Waals surface area contributed by atoms with Gasteiger partial charge in [0.15, 0.2) is 5.84 Å². The van der Waals surface area contributed by atoms with Gasteiger partial charge in [-0.2, -0.15) is 5.06 Å². The minimum Gasteiger partial charge on any atom is -0.437 e. The number of halogens is 2. The lowest BCUT2D eigenvalue weighted by molar-refractivity contribution is -0.146. The van der Waals surface area contributed by atoms with Gasteiger partial charge in [0.05, 0.1) is 4.90 Å². The number of nitrogens with one attached hydrogen (secondary N) is 2. The third-order valence-electron chi connectivity index (χ3n) is 4.01. The fourth-order valence-electron chi connectivity index (χ4n) is 2.51. The van der Waals surface area contributed by atoms with Gasteiger partial charge in [0.1, 0.15) is 23.1 Å². The van der Waals surface area contributed by atoms with Crippen molar-refractivity contribution in [2.45, 2.75) is 11.8 Å². The maximum Gasteiger partial charge on any atom is 0.262 e. The Hall–Kier alpha value is -3.90. The molecule has 3 aromatic rings. The Morgan fingerprint density at radius 2 is 1.75 bits per heavy atom. The number of anilines is 1. The summed E-state index contributed by atoms with van der Waals surface area (Å²) in [6.45, 7) is 1.09. The molecule has 0 aliphatic rings. The third-order valence-corrected chi connectivity index (χ3v) is 5.36. The quantitative estimate of drug-likeness (QED) is 0.222. The number of hydrogen-bond acceptors (Lipinski definition) is 7. The summed E-state index contributed by atoms with van der Waals surface area (Å²) in [5, 5.41) is 17.5. The normalized spacial score (nSPS) is 11.0. The van der Waals surface area contributed by atoms with E-state index in [0.29, 0.717) is 18.2 Å². The molecule has 0 aliphatic carbocycles. The van der Waals surface area contributed by atoms with E-state index in [2.05, 4.69) is 9.71 Å². The lowest BCUT2D eigenvalue weighted by atomic mass is 10.2. The first-order valence-corrected chi connectivity index (χ1v) is 10.4. The Balaban J connectivity index is 1.83. The summed E-state index contributed by atoms with van der Waals surface area (Å²) in [6, 6.07) is 10.3. The minimum atomic E-state index is -4.35. The van der Waals surface area contributed by atoms with Crippen LogP contribution in [-0.4, -0.2) is 35.4 Å². The van der Waals surface area contributed by atoms with Crippen molar-refractivity contribution < 1.29 is 31.9 Å². The molecule has 166 valence electrons. The van der Waals surface area contributed by atoms with Crippen LogP contribution in [0.15, 0.2) is 65.7 Å². The summed E-state index contributed by atoms with van der Waals surface area (Å²) in [5.41, 5.74) is 0.122. The largest absolute Gasteiger partial charge is 0.437 e. The highest BCUT2D eigenvalue weighted by Gasteiger charge is 2.20. The number of carbonyl (C=O) groups is 1. The molecular weight excluding hydrogens is 446 g/mol. The van der Waals surface area contributed by atoms with E-state index in [-0.39, 0.29) is 27.9 Å². The number of sulfonamides is 1. The highest BCUT2D eigenvalue weighted by molar-refractivity contribution is 7.92. The molecule has 1 amide bonds. The molecule has 3 N–H and O–H groups in total. The fourth-order valence-corrected chi connectivity index (χ4v) is 3.61. The number of rotatable bonds is 6. The number of aromatic nitrogens is 1. The average molecular weight is 462 g/mol. The molecule has 9 nitrogen and oxygen atoms in total. The van der Waals surface area contributed by atoms with Gasteiger partial charge in [-0.05, 0) is 48.5 Å². The predicted octanol–water partition coefficient (Wildman–Crippen LogP) is 3.52. The average Bonchev–Trinajstić information content (AvgIpc) is 2.73. The number of hydrogen-bond donors (Lipinski definition) is 3. The first-order chi connectivity index (χ1) is 15.1. The van der Waals surface area contributed by atoms with Crippen molar-refractivity contribution in [1.29, 1.82) is 5.41 Å². The van der Waals surface area contributed by atoms with Crippen LogP contribution in [0, 0.1) is 17.0 Å². The zero-order valence-electron chi connectivity index (χ0n) is 16.4. The van der Waals surface area contributed by atoms with Crippen LogP contribution in [0.1, 0.15) is 12.5 Å². The topological polar surface area (TPSA) is 133 Å². The third kappa shape index (κ3) is 5.22. The summed E-state index contributed by atoms with van der Waals surface area (Å²) in [7, 11) is -4.35. The molecule has 3 rings (SSSR count). The van der Waals surface area contributed by atoms with Gasteiger partial charge in [-0.1, -0.05) is 0 Å². The van der Waals surface area contributed by atoms with Crippen LogP contribution >= 0.6 is 0 Å². The molecule has 0 atom stereocenters. The summed E-state index contributed by atoms with van der Waals surface area (Å²) in [5.74, 6) is -3.24. The summed E-state index contributed by atoms with van der Waals surface area (Å²) >= 11 is 0. The molecule has 32 heavy (non-hydrogen) atoms. The van der Waals surface area contributed by atoms with Gasteiger partial charge < -0.3 is 4.74 Å². The maximum atomic E-state index is 13.4. The first kappa shape index (κ1) is 22.8. The number of amides is 1. The van der Waals surface area contributed by atoms with Gasteiger partial charge >= 0.3 is 0 Å². The van der Waals surface area contributed by atoms with Crippen molar-refractivity contribution in [3.05, 3.63) is 78.0 Å². The Morgan fingerprint density at radius 1 is 1.12 bits per heavy atom. The number of amidine groups is 1. The van der Waals surface area contributed by atoms with Crippen molar-refractivity contribution in [3.63, 3.8) is 0 Å². The van der Waals surface area contributed by atoms with Crippen LogP contribution < -0.4 is 9.46 Å². The number of pyridine rings is 1. The second-order valence-electron chi connectivity index (χ2n) is 6.37. The number of hydroxylamine groups is 2. The monoisotopic (exact) mass is 462 g/mol. The molecule has 12 heteroatoms. The minimum absolute atomic E-state index is 0.0906. The van der Waals surface area contributed by atoms with Crippen molar-refractivity contribution in [2.75, 3.05) is 4.72 Å². The number of benzene rings is 2. The van der Waals surface area contributed by atoms with E-state index in [1.807, 2.05) is 0 Å². The Labute approximate surface area is 181 Å². The molecule has 0 bridgehead atoms. The van der Waals surface area contributed by atoms with Gasteiger partial charge in [-0.3, -0.25) is 20.1 Å². The summed E-state index contributed by atoms with van der Waals surface area (Å²) < 4.78 is 59.7. The smallest absolute Gasteiger partial charge is 0.262 e. The molecule has 2 aromatic carbocycles. The lowest BCUT2D eigenvalue weighted by Gasteiger charge is -2.15. The molecule has 0 saturated heterocycles. The molecule has 1 aromatic heterocycles. The summed E-state index contributed by atoms with van der Waals surface area (Å²) in [6.07, 6.45) is 1.34. The van der Waals surface area contributed by atoms with Gasteiger partial charge in [0, 0.05) is 24.8 Å². The Bertz CT molecular complexity index is 1260. The molecule has 0 unspecified atom stereocenters. The molecule has 0 fully saturated rings. The van der Waals surface area contributed by atoms with Crippen LogP contribution in [0.2, 0.25) is 0 Å². The van der Waals surface area contributed by atoms with Crippen LogP contribution in [0.3, 0.4) is 0 Å². The van der Waals surface area contributed by atoms with E-state index in [1.165, 1.54) is 42.6 Å². The Morgan fingerprint density at radius 3 is 2.34 bits per heavy atom. The second-order valence-corrected chi connectivity index (χ2v) is 8.06. The highest BCUT2D eigenvalue weighted by Crippen LogP contribution is 2.29. The van der Waals surface area contributed by atoms with Crippen LogP contribution in [0.4, 0.5) is 14.5 Å². The van der Waals surface area contributed by atoms with E-state index >= 15 is 0 Å². The van der Waals surface area contributed by atoms with E-state index in [1.54, 1.807) is 0 Å². The van der Waals surface area contributed by atoms with E-state index in [0.717, 1.165) is 6.92 Å². The zero-order chi connectivity index (χ0) is 23.5.